The van der Waals surface area contributed by atoms with Crippen LogP contribution in [0.2, 0.25) is 0 Å². The van der Waals surface area contributed by atoms with E-state index in [4.69, 9.17) is 41.7 Å². The molecule has 0 atom stereocenters. The van der Waals surface area contributed by atoms with Gasteiger partial charge in [-0.3, -0.25) is 0 Å². The fourth-order valence-corrected chi connectivity index (χ4v) is 10.9. The first kappa shape index (κ1) is 23.9. The van der Waals surface area contributed by atoms with Crippen molar-refractivity contribution in [2.24, 2.45) is 10.8 Å². The second kappa shape index (κ2) is 10.1. The first-order chi connectivity index (χ1) is 12.0. The summed E-state index contributed by atoms with van der Waals surface area (Å²) in [5, 5.41) is 0. The van der Waals surface area contributed by atoms with E-state index >= 15 is 0 Å². The molecule has 0 radical (unpaired) electrons. The lowest BCUT2D eigenvalue weighted by molar-refractivity contribution is 0.0671. The SMILES string of the molecule is CC1(C)COP(=S)(SCCC=CCCSP2(=S)OCC(C)(C)CO2)OC1. The van der Waals surface area contributed by atoms with Gasteiger partial charge in [0.15, 0.2) is 0 Å². The lowest BCUT2D eigenvalue weighted by atomic mass is 9.97. The second-order valence-electron chi connectivity index (χ2n) is 8.03. The highest BCUT2D eigenvalue weighted by Gasteiger charge is 2.34. The molecule has 4 nitrogen and oxygen atoms in total. The highest BCUT2D eigenvalue weighted by molar-refractivity contribution is 8.68. The third-order valence-electron chi connectivity index (χ3n) is 3.69. The van der Waals surface area contributed by atoms with E-state index in [9.17, 15) is 0 Å². The maximum absolute atomic E-state index is 5.82. The summed E-state index contributed by atoms with van der Waals surface area (Å²) in [5.41, 5.74) is -4.09. The molecule has 0 aromatic carbocycles. The Morgan fingerprint density at radius 1 is 0.731 bits per heavy atom. The monoisotopic (exact) mass is 476 g/mol. The molecule has 0 saturated carbocycles. The van der Waals surface area contributed by atoms with E-state index in [1.54, 1.807) is 22.8 Å². The molecule has 26 heavy (non-hydrogen) atoms. The predicted octanol–water partition coefficient (Wildman–Crippen LogP) is 6.38. The molecular formula is C16H30O4P2S4. The van der Waals surface area contributed by atoms with Crippen LogP contribution in [0.5, 0.6) is 0 Å². The molecule has 2 rings (SSSR count). The number of allylic oxidation sites excluding steroid dienone is 2. The average molecular weight is 477 g/mol. The molecule has 0 unspecified atom stereocenters. The normalized spacial score (nSPS) is 26.8. The molecule has 0 aromatic heterocycles. The van der Waals surface area contributed by atoms with Crippen LogP contribution in [0.15, 0.2) is 12.2 Å². The highest BCUT2D eigenvalue weighted by Crippen LogP contribution is 2.65. The van der Waals surface area contributed by atoms with Crippen molar-refractivity contribution in [3.05, 3.63) is 12.2 Å². The van der Waals surface area contributed by atoms with Crippen LogP contribution in [0, 0.1) is 10.8 Å². The van der Waals surface area contributed by atoms with Gasteiger partial charge in [-0.2, -0.15) is 0 Å². The third kappa shape index (κ3) is 8.52. The van der Waals surface area contributed by atoms with Gasteiger partial charge in [-0.25, -0.2) is 0 Å². The minimum absolute atomic E-state index is 0.0761. The van der Waals surface area contributed by atoms with Gasteiger partial charge in [-0.1, -0.05) is 62.6 Å². The van der Waals surface area contributed by atoms with Gasteiger partial charge in [0.25, 0.3) is 0 Å². The molecule has 0 amide bonds. The molecule has 10 heteroatoms. The lowest BCUT2D eigenvalue weighted by Gasteiger charge is -2.35. The fourth-order valence-electron chi connectivity index (χ4n) is 2.02. The Hall–Kier alpha value is 1.58. The van der Waals surface area contributed by atoms with Crippen LogP contribution in [0.3, 0.4) is 0 Å². The summed E-state index contributed by atoms with van der Waals surface area (Å²) < 4.78 is 23.3. The minimum Gasteiger partial charge on any atom is -0.321 e. The first-order valence-electron chi connectivity index (χ1n) is 8.76. The second-order valence-corrected chi connectivity index (χ2v) is 20.9. The lowest BCUT2D eigenvalue weighted by Crippen LogP contribution is -2.28. The summed E-state index contributed by atoms with van der Waals surface area (Å²) in [6, 6.07) is 0. The van der Waals surface area contributed by atoms with Gasteiger partial charge in [0, 0.05) is 22.3 Å². The van der Waals surface area contributed by atoms with E-state index in [0.29, 0.717) is 26.4 Å². The van der Waals surface area contributed by atoms with Crippen molar-refractivity contribution in [1.29, 1.82) is 0 Å². The van der Waals surface area contributed by atoms with E-state index in [-0.39, 0.29) is 10.8 Å². The topological polar surface area (TPSA) is 36.9 Å². The first-order valence-corrected chi connectivity index (χ1v) is 17.2. The Balaban J connectivity index is 1.55. The summed E-state index contributed by atoms with van der Waals surface area (Å²) in [6.07, 6.45) is 6.34. The molecular weight excluding hydrogens is 446 g/mol. The molecule has 2 saturated heterocycles. The van der Waals surface area contributed by atoms with Crippen LogP contribution >= 0.6 is 34.2 Å². The van der Waals surface area contributed by atoms with Crippen molar-refractivity contribution in [3.63, 3.8) is 0 Å². The molecule has 152 valence electrons. The van der Waals surface area contributed by atoms with E-state index in [0.717, 1.165) is 24.3 Å². The van der Waals surface area contributed by atoms with Gasteiger partial charge < -0.3 is 18.1 Å². The van der Waals surface area contributed by atoms with E-state index in [1.807, 2.05) is 0 Å². The van der Waals surface area contributed by atoms with E-state index < -0.39 is 11.4 Å². The maximum atomic E-state index is 5.82. The Labute approximate surface area is 176 Å². The molecule has 2 heterocycles. The Kier molecular flexibility index (Phi) is 9.23. The maximum Gasteiger partial charge on any atom is 0.247 e. The van der Waals surface area contributed by atoms with Gasteiger partial charge >= 0.3 is 0 Å². The third-order valence-corrected chi connectivity index (χ3v) is 14.4. The van der Waals surface area contributed by atoms with Crippen LogP contribution in [-0.2, 0) is 41.7 Å². The van der Waals surface area contributed by atoms with Crippen LogP contribution in [0.25, 0.3) is 0 Å². The zero-order chi connectivity index (χ0) is 19.3. The van der Waals surface area contributed by atoms with Crippen LogP contribution in [0.1, 0.15) is 40.5 Å². The molecule has 2 fully saturated rings. The molecule has 0 spiro atoms. The van der Waals surface area contributed by atoms with Crippen LogP contribution < -0.4 is 0 Å². The van der Waals surface area contributed by atoms with Crippen molar-refractivity contribution < 1.29 is 18.1 Å². The molecule has 0 bridgehead atoms. The summed E-state index contributed by atoms with van der Waals surface area (Å²) in [5.74, 6) is 1.86. The van der Waals surface area contributed by atoms with Crippen molar-refractivity contribution >= 4 is 57.8 Å². The van der Waals surface area contributed by atoms with Crippen molar-refractivity contribution in [2.75, 3.05) is 37.9 Å². The fraction of sp³-hybridized carbons (Fsp3) is 0.875. The quantitative estimate of drug-likeness (QED) is 0.227. The van der Waals surface area contributed by atoms with Crippen LogP contribution in [-0.4, -0.2) is 37.9 Å². The van der Waals surface area contributed by atoms with Gasteiger partial charge in [-0.15, -0.1) is 0 Å². The molecule has 0 N–H and O–H groups in total. The molecule has 0 aliphatic carbocycles. The van der Waals surface area contributed by atoms with Crippen molar-refractivity contribution in [2.45, 2.75) is 40.5 Å². The Bertz CT molecular complexity index is 517. The van der Waals surface area contributed by atoms with E-state index in [1.165, 1.54) is 0 Å². The van der Waals surface area contributed by atoms with Crippen molar-refractivity contribution in [1.82, 2.24) is 0 Å². The summed E-state index contributed by atoms with van der Waals surface area (Å²) in [4.78, 5) is 0. The van der Waals surface area contributed by atoms with Crippen LogP contribution in [0.4, 0.5) is 0 Å². The smallest absolute Gasteiger partial charge is 0.247 e. The van der Waals surface area contributed by atoms with Gasteiger partial charge in [0.2, 0.25) is 11.4 Å². The molecule has 2 aliphatic heterocycles. The van der Waals surface area contributed by atoms with Gasteiger partial charge in [-0.05, 0) is 36.5 Å². The van der Waals surface area contributed by atoms with Gasteiger partial charge in [0.05, 0.1) is 26.4 Å². The van der Waals surface area contributed by atoms with E-state index in [2.05, 4.69) is 39.8 Å². The number of rotatable bonds is 8. The molecule has 2 aliphatic rings. The number of hydrogen-bond acceptors (Lipinski definition) is 8. The highest BCUT2D eigenvalue weighted by atomic mass is 32.9. The zero-order valence-electron chi connectivity index (χ0n) is 16.0. The predicted molar refractivity (Wildman–Crippen MR) is 123 cm³/mol. The molecule has 0 aromatic rings. The Morgan fingerprint density at radius 2 is 1.04 bits per heavy atom. The van der Waals surface area contributed by atoms with Crippen molar-refractivity contribution in [3.8, 4) is 0 Å². The summed E-state index contributed by atoms with van der Waals surface area (Å²) >= 11 is 14.4. The number of hydrogen-bond donors (Lipinski definition) is 0. The minimum atomic E-state index is -2.12. The summed E-state index contributed by atoms with van der Waals surface area (Å²) in [6.45, 7) is 11.3. The van der Waals surface area contributed by atoms with Gasteiger partial charge in [0.1, 0.15) is 0 Å². The largest absolute Gasteiger partial charge is 0.321 e. The Morgan fingerprint density at radius 3 is 1.35 bits per heavy atom. The standard InChI is InChI=1S/C16H30O4P2S4/c1-15(2)11-17-21(23,18-12-15)25-9-7-5-6-8-10-26-22(24)19-13-16(3,4)14-20-22/h5-6H,7-14H2,1-4H3. The zero-order valence-corrected chi connectivity index (χ0v) is 21.0. The summed E-state index contributed by atoms with van der Waals surface area (Å²) in [7, 11) is 0. The average Bonchev–Trinajstić information content (AvgIpc) is 2.57.